The van der Waals surface area contributed by atoms with Crippen LogP contribution in [0.3, 0.4) is 0 Å². The predicted octanol–water partition coefficient (Wildman–Crippen LogP) is -0.696. The molecule has 14 heavy (non-hydrogen) atoms. The Morgan fingerprint density at radius 3 is 2.07 bits per heavy atom. The van der Waals surface area contributed by atoms with Gasteiger partial charge >= 0.3 is 0 Å². The SMILES string of the molecule is CN(CC(N)=O)C(=O)[C@@H](N)C(C)(C)C. The van der Waals surface area contributed by atoms with Gasteiger partial charge in [-0.15, -0.1) is 0 Å². The van der Waals surface area contributed by atoms with Crippen molar-refractivity contribution in [2.24, 2.45) is 16.9 Å². The summed E-state index contributed by atoms with van der Waals surface area (Å²) in [6.07, 6.45) is 0. The summed E-state index contributed by atoms with van der Waals surface area (Å²) < 4.78 is 0. The molecular formula is C9H19N3O2. The number of nitrogens with two attached hydrogens (primary N) is 2. The molecule has 0 aromatic heterocycles. The standard InChI is InChI=1S/C9H19N3O2/c1-9(2,3)7(11)8(14)12(4)5-6(10)13/h7H,5,11H2,1-4H3,(H2,10,13)/t7-/m1/s1. The molecule has 5 nitrogen and oxygen atoms in total. The third kappa shape index (κ3) is 3.74. The first-order valence-electron chi connectivity index (χ1n) is 4.45. The zero-order chi connectivity index (χ0) is 11.5. The van der Waals surface area contributed by atoms with Crippen molar-refractivity contribution in [1.29, 1.82) is 0 Å². The fourth-order valence-corrected chi connectivity index (χ4v) is 0.920. The van der Waals surface area contributed by atoms with E-state index in [1.165, 1.54) is 11.9 Å². The molecule has 0 saturated carbocycles. The second kappa shape index (κ2) is 4.41. The Morgan fingerprint density at radius 2 is 1.79 bits per heavy atom. The fourth-order valence-electron chi connectivity index (χ4n) is 0.920. The molecule has 0 aromatic rings. The van der Waals surface area contributed by atoms with Gasteiger partial charge in [0.25, 0.3) is 0 Å². The highest BCUT2D eigenvalue weighted by atomic mass is 16.2. The van der Waals surface area contributed by atoms with Crippen LogP contribution >= 0.6 is 0 Å². The molecule has 0 aliphatic heterocycles. The van der Waals surface area contributed by atoms with Crippen LogP contribution in [0.15, 0.2) is 0 Å². The van der Waals surface area contributed by atoms with Gasteiger partial charge < -0.3 is 16.4 Å². The van der Waals surface area contributed by atoms with Gasteiger partial charge in [-0.1, -0.05) is 20.8 Å². The molecule has 5 heteroatoms. The van der Waals surface area contributed by atoms with E-state index in [4.69, 9.17) is 11.5 Å². The maximum absolute atomic E-state index is 11.6. The highest BCUT2D eigenvalue weighted by Crippen LogP contribution is 2.18. The molecule has 0 aliphatic carbocycles. The Labute approximate surface area is 84.4 Å². The maximum atomic E-state index is 11.6. The van der Waals surface area contributed by atoms with Crippen LogP contribution in [0.2, 0.25) is 0 Å². The van der Waals surface area contributed by atoms with Gasteiger partial charge in [-0.05, 0) is 5.41 Å². The topological polar surface area (TPSA) is 89.4 Å². The van der Waals surface area contributed by atoms with E-state index in [0.29, 0.717) is 0 Å². The second-order valence-corrected chi connectivity index (χ2v) is 4.50. The number of amides is 2. The first-order valence-corrected chi connectivity index (χ1v) is 4.45. The number of primary amides is 1. The summed E-state index contributed by atoms with van der Waals surface area (Å²) in [5.41, 5.74) is 10.4. The summed E-state index contributed by atoms with van der Waals surface area (Å²) in [4.78, 5) is 23.4. The van der Waals surface area contributed by atoms with Crippen LogP contribution in [0.4, 0.5) is 0 Å². The van der Waals surface area contributed by atoms with Crippen molar-refractivity contribution in [2.45, 2.75) is 26.8 Å². The van der Waals surface area contributed by atoms with E-state index in [-0.39, 0.29) is 17.9 Å². The lowest BCUT2D eigenvalue weighted by Crippen LogP contribution is -2.50. The zero-order valence-corrected chi connectivity index (χ0v) is 9.20. The molecule has 1 atom stereocenters. The van der Waals surface area contributed by atoms with Crippen molar-refractivity contribution in [3.05, 3.63) is 0 Å². The van der Waals surface area contributed by atoms with Gasteiger partial charge in [0.1, 0.15) is 0 Å². The average molecular weight is 201 g/mol. The number of hydrogen-bond acceptors (Lipinski definition) is 3. The number of carbonyl (C=O) groups excluding carboxylic acids is 2. The smallest absolute Gasteiger partial charge is 0.240 e. The molecular weight excluding hydrogens is 182 g/mol. The Kier molecular flexibility index (Phi) is 4.07. The fraction of sp³-hybridized carbons (Fsp3) is 0.778. The number of rotatable bonds is 3. The number of nitrogens with zero attached hydrogens (tertiary/aromatic N) is 1. The molecule has 0 aromatic carbocycles. The van der Waals surface area contributed by atoms with Gasteiger partial charge in [0.05, 0.1) is 12.6 Å². The number of carbonyl (C=O) groups is 2. The van der Waals surface area contributed by atoms with Gasteiger partial charge in [0.2, 0.25) is 11.8 Å². The summed E-state index contributed by atoms with van der Waals surface area (Å²) in [7, 11) is 1.51. The summed E-state index contributed by atoms with van der Waals surface area (Å²) in [5, 5.41) is 0. The van der Waals surface area contributed by atoms with Crippen LogP contribution in [0.1, 0.15) is 20.8 Å². The van der Waals surface area contributed by atoms with E-state index in [2.05, 4.69) is 0 Å². The Morgan fingerprint density at radius 1 is 1.36 bits per heavy atom. The van der Waals surface area contributed by atoms with E-state index in [1.807, 2.05) is 20.8 Å². The molecule has 0 fully saturated rings. The lowest BCUT2D eigenvalue weighted by atomic mass is 9.86. The lowest BCUT2D eigenvalue weighted by Gasteiger charge is -2.29. The molecule has 2 amide bonds. The molecule has 0 heterocycles. The van der Waals surface area contributed by atoms with Crippen molar-refractivity contribution >= 4 is 11.8 Å². The van der Waals surface area contributed by atoms with Gasteiger partial charge in [-0.2, -0.15) is 0 Å². The van der Waals surface area contributed by atoms with Crippen LogP contribution in [-0.2, 0) is 9.59 Å². The van der Waals surface area contributed by atoms with Crippen molar-refractivity contribution in [1.82, 2.24) is 4.90 Å². The second-order valence-electron chi connectivity index (χ2n) is 4.50. The summed E-state index contributed by atoms with van der Waals surface area (Å²) in [5.74, 6) is -0.807. The van der Waals surface area contributed by atoms with Gasteiger partial charge in [-0.3, -0.25) is 9.59 Å². The highest BCUT2D eigenvalue weighted by Gasteiger charge is 2.29. The van der Waals surface area contributed by atoms with E-state index < -0.39 is 11.9 Å². The van der Waals surface area contributed by atoms with Crippen LogP contribution in [0.25, 0.3) is 0 Å². The Hall–Kier alpha value is -1.10. The quantitative estimate of drug-likeness (QED) is 0.633. The van der Waals surface area contributed by atoms with E-state index in [1.54, 1.807) is 0 Å². The summed E-state index contributed by atoms with van der Waals surface area (Å²) in [6, 6.07) is -0.619. The van der Waals surface area contributed by atoms with Crippen molar-refractivity contribution < 1.29 is 9.59 Å². The van der Waals surface area contributed by atoms with Gasteiger partial charge in [0, 0.05) is 7.05 Å². The van der Waals surface area contributed by atoms with E-state index in [0.717, 1.165) is 0 Å². The molecule has 0 aliphatic rings. The lowest BCUT2D eigenvalue weighted by molar-refractivity contribution is -0.136. The molecule has 0 saturated heterocycles. The van der Waals surface area contributed by atoms with Crippen LogP contribution in [0.5, 0.6) is 0 Å². The third-order valence-corrected chi connectivity index (χ3v) is 1.97. The van der Waals surface area contributed by atoms with Gasteiger partial charge in [0.15, 0.2) is 0 Å². The predicted molar refractivity (Wildman–Crippen MR) is 54.3 cm³/mol. The van der Waals surface area contributed by atoms with Crippen LogP contribution in [-0.4, -0.2) is 36.3 Å². The Balaban J connectivity index is 4.40. The summed E-state index contributed by atoms with van der Waals surface area (Å²) >= 11 is 0. The number of hydrogen-bond donors (Lipinski definition) is 2. The van der Waals surface area contributed by atoms with Gasteiger partial charge in [-0.25, -0.2) is 0 Å². The molecule has 0 unspecified atom stereocenters. The molecule has 0 spiro atoms. The summed E-state index contributed by atoms with van der Waals surface area (Å²) in [6.45, 7) is 5.51. The first kappa shape index (κ1) is 12.9. The maximum Gasteiger partial charge on any atom is 0.240 e. The van der Waals surface area contributed by atoms with Crippen molar-refractivity contribution in [2.75, 3.05) is 13.6 Å². The minimum absolute atomic E-state index is 0.0946. The highest BCUT2D eigenvalue weighted by molar-refractivity contribution is 5.87. The van der Waals surface area contributed by atoms with E-state index in [9.17, 15) is 9.59 Å². The Bertz CT molecular complexity index is 233. The largest absolute Gasteiger partial charge is 0.368 e. The molecule has 82 valence electrons. The normalized spacial score (nSPS) is 13.5. The minimum Gasteiger partial charge on any atom is -0.368 e. The monoisotopic (exact) mass is 201 g/mol. The first-order chi connectivity index (χ1) is 6.16. The minimum atomic E-state index is -0.619. The molecule has 0 rings (SSSR count). The van der Waals surface area contributed by atoms with Crippen molar-refractivity contribution in [3.8, 4) is 0 Å². The third-order valence-electron chi connectivity index (χ3n) is 1.97. The number of likely N-dealkylation sites (N-methyl/N-ethyl adjacent to an activating group) is 1. The van der Waals surface area contributed by atoms with Crippen LogP contribution in [0, 0.1) is 5.41 Å². The van der Waals surface area contributed by atoms with Crippen LogP contribution < -0.4 is 11.5 Å². The molecule has 0 radical (unpaired) electrons. The molecule has 4 N–H and O–H groups in total. The van der Waals surface area contributed by atoms with E-state index >= 15 is 0 Å². The average Bonchev–Trinajstić information content (AvgIpc) is 1.98. The zero-order valence-electron chi connectivity index (χ0n) is 9.20. The molecule has 0 bridgehead atoms. The van der Waals surface area contributed by atoms with Crippen molar-refractivity contribution in [3.63, 3.8) is 0 Å².